The molecule has 0 amide bonds. The van der Waals surface area contributed by atoms with Gasteiger partial charge in [0.05, 0.1) is 33.5 Å². The fourth-order valence-electron chi connectivity index (χ4n) is 8.48. The molecule has 3 nitrogen and oxygen atoms in total. The highest BCUT2D eigenvalue weighted by Crippen LogP contribution is 2.39. The van der Waals surface area contributed by atoms with Crippen LogP contribution >= 0.6 is 0 Å². The van der Waals surface area contributed by atoms with E-state index in [1.165, 1.54) is 66.0 Å². The number of para-hydroxylation sites is 3. The molecule has 11 rings (SSSR count). The van der Waals surface area contributed by atoms with E-state index in [9.17, 15) is 0 Å². The molecular formula is C53H35N3. The number of fused-ring (bicyclic) bond motifs is 6. The van der Waals surface area contributed by atoms with E-state index in [0.29, 0.717) is 0 Å². The van der Waals surface area contributed by atoms with Gasteiger partial charge in [0.15, 0.2) is 0 Å². The van der Waals surface area contributed by atoms with Crippen LogP contribution in [0.3, 0.4) is 0 Å². The van der Waals surface area contributed by atoms with Crippen LogP contribution in [0, 0.1) is 0 Å². The lowest BCUT2D eigenvalue weighted by Gasteiger charge is -2.13. The van der Waals surface area contributed by atoms with Crippen molar-refractivity contribution in [2.75, 3.05) is 0 Å². The van der Waals surface area contributed by atoms with E-state index in [-0.39, 0.29) is 0 Å². The highest BCUT2D eigenvalue weighted by molar-refractivity contribution is 6.12. The van der Waals surface area contributed by atoms with Crippen molar-refractivity contribution in [2.45, 2.75) is 0 Å². The normalized spacial score (nSPS) is 11.6. The first-order chi connectivity index (χ1) is 27.8. The smallest absolute Gasteiger partial charge is 0.0716 e. The summed E-state index contributed by atoms with van der Waals surface area (Å²) in [5.74, 6) is 0. The summed E-state index contributed by atoms with van der Waals surface area (Å²) in [4.78, 5) is 5.24. The summed E-state index contributed by atoms with van der Waals surface area (Å²) in [6.45, 7) is 0. The average molecular weight is 714 g/mol. The quantitative estimate of drug-likeness (QED) is 0.168. The minimum absolute atomic E-state index is 0.944. The second-order valence-electron chi connectivity index (χ2n) is 14.4. The van der Waals surface area contributed by atoms with Crippen molar-refractivity contribution >= 4 is 43.6 Å². The number of hydrogen-bond acceptors (Lipinski definition) is 1. The Balaban J connectivity index is 1.05. The van der Waals surface area contributed by atoms with Gasteiger partial charge in [-0.3, -0.25) is 0 Å². The Morgan fingerprint density at radius 3 is 1.30 bits per heavy atom. The lowest BCUT2D eigenvalue weighted by atomic mass is 10.00. The Kier molecular flexibility index (Phi) is 7.49. The van der Waals surface area contributed by atoms with Crippen LogP contribution in [0.15, 0.2) is 212 Å². The minimum Gasteiger partial charge on any atom is -0.309 e. The Bertz CT molecular complexity index is 3170. The number of rotatable bonds is 6. The zero-order chi connectivity index (χ0) is 37.0. The zero-order valence-electron chi connectivity index (χ0n) is 30.5. The molecule has 0 N–H and O–H groups in total. The average Bonchev–Trinajstić information content (AvgIpc) is 3.79. The van der Waals surface area contributed by atoms with Crippen LogP contribution in [0.5, 0.6) is 0 Å². The van der Waals surface area contributed by atoms with Crippen molar-refractivity contribution < 1.29 is 0 Å². The SMILES string of the molecule is c1ccc(-c2cc(-c3ccccc3)nc(-c3cccc(-n4c5ccccc5c5cc(-c6ccc7c(c6)c6ccccc6n7-c6ccccc6)ccc54)c3)c2)cc1. The molecule has 262 valence electrons. The third-order valence-corrected chi connectivity index (χ3v) is 11.1. The Labute approximate surface area is 325 Å². The van der Waals surface area contributed by atoms with Gasteiger partial charge >= 0.3 is 0 Å². The molecule has 0 aliphatic heterocycles. The number of aromatic nitrogens is 3. The maximum atomic E-state index is 5.24. The second-order valence-corrected chi connectivity index (χ2v) is 14.4. The van der Waals surface area contributed by atoms with Crippen molar-refractivity contribution in [1.82, 2.24) is 14.1 Å². The van der Waals surface area contributed by atoms with Crippen molar-refractivity contribution in [3.8, 4) is 56.1 Å². The van der Waals surface area contributed by atoms with E-state index in [2.05, 4.69) is 215 Å². The standard InChI is InChI=1S/C53H35N3/c1-4-15-36(16-5-1)41-34-48(37-17-6-2-7-18-37)54-49(35-41)40-19-14-22-43(31-40)56-51-26-13-11-24-45(51)47-33-39(28-30-53(47)56)38-27-29-52-46(32-38)44-23-10-12-25-50(44)55(52)42-20-8-3-9-21-42/h1-35H. The largest absolute Gasteiger partial charge is 0.309 e. The molecule has 0 radical (unpaired) electrons. The summed E-state index contributed by atoms with van der Waals surface area (Å²) >= 11 is 0. The molecular weight excluding hydrogens is 679 g/mol. The predicted octanol–water partition coefficient (Wildman–Crippen LogP) is 13.9. The lowest BCUT2D eigenvalue weighted by molar-refractivity contribution is 1.18. The second kappa shape index (κ2) is 13.1. The fraction of sp³-hybridized carbons (Fsp3) is 0. The highest BCUT2D eigenvalue weighted by Gasteiger charge is 2.17. The maximum absolute atomic E-state index is 5.24. The van der Waals surface area contributed by atoms with Gasteiger partial charge in [0.2, 0.25) is 0 Å². The molecule has 0 saturated heterocycles. The van der Waals surface area contributed by atoms with Crippen LogP contribution in [0.2, 0.25) is 0 Å². The van der Waals surface area contributed by atoms with E-state index < -0.39 is 0 Å². The number of benzene rings is 8. The summed E-state index contributed by atoms with van der Waals surface area (Å²) in [7, 11) is 0. The van der Waals surface area contributed by atoms with Gasteiger partial charge in [0, 0.05) is 44.0 Å². The van der Waals surface area contributed by atoms with Gasteiger partial charge in [0.25, 0.3) is 0 Å². The van der Waals surface area contributed by atoms with Gasteiger partial charge in [-0.25, -0.2) is 4.98 Å². The van der Waals surface area contributed by atoms with E-state index in [0.717, 1.165) is 33.8 Å². The third kappa shape index (κ3) is 5.32. The number of hydrogen-bond donors (Lipinski definition) is 0. The summed E-state index contributed by atoms with van der Waals surface area (Å²) < 4.78 is 4.77. The zero-order valence-corrected chi connectivity index (χ0v) is 30.5. The van der Waals surface area contributed by atoms with Crippen LogP contribution in [-0.4, -0.2) is 14.1 Å². The van der Waals surface area contributed by atoms with Gasteiger partial charge in [-0.05, 0) is 95.1 Å². The summed E-state index contributed by atoms with van der Waals surface area (Å²) in [6, 6.07) is 76.2. The monoisotopic (exact) mass is 713 g/mol. The van der Waals surface area contributed by atoms with Gasteiger partial charge in [-0.2, -0.15) is 0 Å². The van der Waals surface area contributed by atoms with E-state index in [1.54, 1.807) is 0 Å². The van der Waals surface area contributed by atoms with Crippen molar-refractivity contribution in [3.63, 3.8) is 0 Å². The van der Waals surface area contributed by atoms with E-state index in [1.807, 2.05) is 6.07 Å². The molecule has 11 aromatic rings. The van der Waals surface area contributed by atoms with Crippen molar-refractivity contribution in [2.24, 2.45) is 0 Å². The Morgan fingerprint density at radius 1 is 0.250 bits per heavy atom. The first-order valence-corrected chi connectivity index (χ1v) is 19.1. The first kappa shape index (κ1) is 32.0. The molecule has 56 heavy (non-hydrogen) atoms. The van der Waals surface area contributed by atoms with E-state index in [4.69, 9.17) is 4.98 Å². The van der Waals surface area contributed by atoms with Crippen molar-refractivity contribution in [1.29, 1.82) is 0 Å². The molecule has 0 saturated carbocycles. The Hall–Kier alpha value is -7.49. The van der Waals surface area contributed by atoms with Gasteiger partial charge < -0.3 is 9.13 Å². The van der Waals surface area contributed by atoms with Gasteiger partial charge in [-0.15, -0.1) is 0 Å². The van der Waals surface area contributed by atoms with Crippen LogP contribution in [-0.2, 0) is 0 Å². The van der Waals surface area contributed by atoms with Crippen LogP contribution in [0.4, 0.5) is 0 Å². The maximum Gasteiger partial charge on any atom is 0.0716 e. The molecule has 0 unspecified atom stereocenters. The molecule has 0 aliphatic carbocycles. The molecule has 0 spiro atoms. The minimum atomic E-state index is 0.944. The highest BCUT2D eigenvalue weighted by atomic mass is 15.0. The van der Waals surface area contributed by atoms with Crippen LogP contribution < -0.4 is 0 Å². The molecule has 0 bridgehead atoms. The molecule has 0 aliphatic rings. The fourth-order valence-corrected chi connectivity index (χ4v) is 8.48. The van der Waals surface area contributed by atoms with Crippen molar-refractivity contribution in [3.05, 3.63) is 212 Å². The molecule has 0 atom stereocenters. The molecule has 3 heterocycles. The van der Waals surface area contributed by atoms with E-state index >= 15 is 0 Å². The molecule has 3 heteroatoms. The molecule has 0 fully saturated rings. The van der Waals surface area contributed by atoms with Gasteiger partial charge in [-0.1, -0.05) is 140 Å². The summed E-state index contributed by atoms with van der Waals surface area (Å²) in [5, 5.41) is 4.96. The number of nitrogens with zero attached hydrogens (tertiary/aromatic N) is 3. The number of pyridine rings is 1. The van der Waals surface area contributed by atoms with Crippen LogP contribution in [0.25, 0.3) is 99.8 Å². The first-order valence-electron chi connectivity index (χ1n) is 19.1. The third-order valence-electron chi connectivity index (χ3n) is 11.1. The summed E-state index contributed by atoms with van der Waals surface area (Å²) in [6.07, 6.45) is 0. The predicted molar refractivity (Wildman–Crippen MR) is 235 cm³/mol. The molecule has 8 aromatic carbocycles. The summed E-state index contributed by atoms with van der Waals surface area (Å²) in [5.41, 5.74) is 15.8. The molecule has 3 aromatic heterocycles. The lowest BCUT2D eigenvalue weighted by Crippen LogP contribution is -1.96. The van der Waals surface area contributed by atoms with Gasteiger partial charge in [0.1, 0.15) is 0 Å². The topological polar surface area (TPSA) is 22.8 Å². The van der Waals surface area contributed by atoms with Crippen LogP contribution in [0.1, 0.15) is 0 Å². The Morgan fingerprint density at radius 2 is 0.696 bits per heavy atom.